The number of amides is 3. The zero-order valence-corrected chi connectivity index (χ0v) is 10.4. The fourth-order valence-corrected chi connectivity index (χ4v) is 1.51. The number of primary amides is 2. The maximum Gasteiger partial charge on any atom is 0.240 e. The highest BCUT2D eigenvalue weighted by Crippen LogP contribution is 2.00. The van der Waals surface area contributed by atoms with Crippen molar-refractivity contribution in [3.8, 4) is 0 Å². The van der Waals surface area contributed by atoms with Crippen LogP contribution in [0.5, 0.6) is 0 Å². The number of hydrogen-bond acceptors (Lipinski definition) is 4. The van der Waals surface area contributed by atoms with Gasteiger partial charge in [-0.15, -0.1) is 0 Å². The minimum Gasteiger partial charge on any atom is -0.370 e. The van der Waals surface area contributed by atoms with E-state index in [4.69, 9.17) is 11.5 Å². The van der Waals surface area contributed by atoms with Gasteiger partial charge in [0, 0.05) is 24.7 Å². The number of nitrogens with zero attached hydrogens (tertiary/aromatic N) is 1. The number of aromatic amines is 1. The standard InChI is InChI=1S/C11H17N5O3/c12-9(17)3-2-8(11(13)19)16-10(18)4-1-7-5-14-6-15-7/h5-6,8H,1-4H2,(H2,12,17)(H2,13,19)(H,14,15)(H,16,18). The van der Waals surface area contributed by atoms with Crippen LogP contribution in [0.1, 0.15) is 25.0 Å². The van der Waals surface area contributed by atoms with Crippen molar-refractivity contribution in [2.24, 2.45) is 11.5 Å². The summed E-state index contributed by atoms with van der Waals surface area (Å²) in [6, 6.07) is -0.873. The molecule has 1 unspecified atom stereocenters. The molecule has 104 valence electrons. The van der Waals surface area contributed by atoms with Gasteiger partial charge >= 0.3 is 0 Å². The Bertz CT molecular complexity index is 443. The fourth-order valence-electron chi connectivity index (χ4n) is 1.51. The Labute approximate surface area is 109 Å². The monoisotopic (exact) mass is 267 g/mol. The number of carbonyl (C=O) groups excluding carboxylic acids is 3. The van der Waals surface area contributed by atoms with E-state index in [0.717, 1.165) is 5.69 Å². The summed E-state index contributed by atoms with van der Waals surface area (Å²) in [6.45, 7) is 0. The molecule has 0 aromatic carbocycles. The van der Waals surface area contributed by atoms with Crippen LogP contribution < -0.4 is 16.8 Å². The molecular formula is C11H17N5O3. The highest BCUT2D eigenvalue weighted by atomic mass is 16.2. The number of imidazole rings is 1. The minimum absolute atomic E-state index is 0.00552. The molecule has 0 aliphatic carbocycles. The highest BCUT2D eigenvalue weighted by Gasteiger charge is 2.18. The first kappa shape index (κ1) is 14.7. The molecule has 0 bridgehead atoms. The van der Waals surface area contributed by atoms with Gasteiger partial charge in [0.2, 0.25) is 17.7 Å². The molecule has 0 aliphatic heterocycles. The summed E-state index contributed by atoms with van der Waals surface area (Å²) in [6.07, 6.45) is 3.92. The molecule has 1 aromatic heterocycles. The number of nitrogens with two attached hydrogens (primary N) is 2. The Morgan fingerprint density at radius 1 is 1.32 bits per heavy atom. The van der Waals surface area contributed by atoms with Crippen molar-refractivity contribution in [1.29, 1.82) is 0 Å². The first-order chi connectivity index (χ1) is 8.99. The van der Waals surface area contributed by atoms with E-state index >= 15 is 0 Å². The molecule has 0 aliphatic rings. The predicted molar refractivity (Wildman–Crippen MR) is 66.5 cm³/mol. The second-order valence-electron chi connectivity index (χ2n) is 4.10. The first-order valence-electron chi connectivity index (χ1n) is 5.83. The van der Waals surface area contributed by atoms with Crippen LogP contribution in [-0.4, -0.2) is 33.7 Å². The van der Waals surface area contributed by atoms with E-state index in [0.29, 0.717) is 6.42 Å². The van der Waals surface area contributed by atoms with E-state index in [1.807, 2.05) is 0 Å². The Morgan fingerprint density at radius 2 is 2.05 bits per heavy atom. The maximum absolute atomic E-state index is 11.6. The zero-order chi connectivity index (χ0) is 14.3. The summed E-state index contributed by atoms with van der Waals surface area (Å²) in [5, 5.41) is 2.48. The molecule has 1 aromatic rings. The summed E-state index contributed by atoms with van der Waals surface area (Å²) in [4.78, 5) is 40.1. The van der Waals surface area contributed by atoms with Gasteiger partial charge in [0.15, 0.2) is 0 Å². The van der Waals surface area contributed by atoms with E-state index in [1.54, 1.807) is 6.20 Å². The fraction of sp³-hybridized carbons (Fsp3) is 0.455. The van der Waals surface area contributed by atoms with Crippen LogP contribution in [0.25, 0.3) is 0 Å². The average molecular weight is 267 g/mol. The summed E-state index contributed by atoms with van der Waals surface area (Å²) in [5.74, 6) is -1.54. The van der Waals surface area contributed by atoms with Gasteiger partial charge in [-0.3, -0.25) is 14.4 Å². The number of aromatic nitrogens is 2. The molecule has 1 atom stereocenters. The third kappa shape index (κ3) is 5.66. The molecule has 19 heavy (non-hydrogen) atoms. The van der Waals surface area contributed by atoms with Crippen LogP contribution in [0.15, 0.2) is 12.5 Å². The highest BCUT2D eigenvalue weighted by molar-refractivity contribution is 5.87. The Hall–Kier alpha value is -2.38. The van der Waals surface area contributed by atoms with Gasteiger partial charge in [0.05, 0.1) is 6.33 Å². The van der Waals surface area contributed by atoms with Gasteiger partial charge in [-0.1, -0.05) is 0 Å². The minimum atomic E-state index is -0.873. The molecule has 1 rings (SSSR count). The second kappa shape index (κ2) is 7.14. The Kier molecular flexibility index (Phi) is 5.52. The number of hydrogen-bond donors (Lipinski definition) is 4. The van der Waals surface area contributed by atoms with Crippen molar-refractivity contribution in [3.05, 3.63) is 18.2 Å². The molecule has 8 nitrogen and oxygen atoms in total. The lowest BCUT2D eigenvalue weighted by Gasteiger charge is -2.14. The number of nitrogens with one attached hydrogen (secondary N) is 2. The van der Waals surface area contributed by atoms with Crippen LogP contribution in [0.2, 0.25) is 0 Å². The molecular weight excluding hydrogens is 250 g/mol. The average Bonchev–Trinajstić information content (AvgIpc) is 2.84. The molecule has 0 spiro atoms. The molecule has 0 radical (unpaired) electrons. The van der Waals surface area contributed by atoms with Crippen molar-refractivity contribution < 1.29 is 14.4 Å². The summed E-state index contributed by atoms with van der Waals surface area (Å²) >= 11 is 0. The Morgan fingerprint density at radius 3 is 2.58 bits per heavy atom. The van der Waals surface area contributed by atoms with Crippen LogP contribution in [0, 0.1) is 0 Å². The van der Waals surface area contributed by atoms with Crippen LogP contribution in [0.4, 0.5) is 0 Å². The summed E-state index contributed by atoms with van der Waals surface area (Å²) in [5.41, 5.74) is 10.9. The normalized spacial score (nSPS) is 11.8. The van der Waals surface area contributed by atoms with Gasteiger partial charge in [0.1, 0.15) is 6.04 Å². The Balaban J connectivity index is 2.38. The summed E-state index contributed by atoms with van der Waals surface area (Å²) < 4.78 is 0. The van der Waals surface area contributed by atoms with Crippen molar-refractivity contribution in [1.82, 2.24) is 15.3 Å². The van der Waals surface area contributed by atoms with E-state index in [2.05, 4.69) is 15.3 Å². The van der Waals surface area contributed by atoms with E-state index in [9.17, 15) is 14.4 Å². The van der Waals surface area contributed by atoms with E-state index in [-0.39, 0.29) is 25.2 Å². The molecule has 0 saturated carbocycles. The maximum atomic E-state index is 11.6. The molecule has 6 N–H and O–H groups in total. The zero-order valence-electron chi connectivity index (χ0n) is 10.4. The molecule has 0 fully saturated rings. The molecule has 8 heteroatoms. The van der Waals surface area contributed by atoms with Gasteiger partial charge in [0.25, 0.3) is 0 Å². The van der Waals surface area contributed by atoms with Crippen LogP contribution in [0.3, 0.4) is 0 Å². The third-order valence-electron chi connectivity index (χ3n) is 2.53. The smallest absolute Gasteiger partial charge is 0.240 e. The predicted octanol–water partition coefficient (Wildman–Crippen LogP) is -1.42. The van der Waals surface area contributed by atoms with Gasteiger partial charge < -0.3 is 21.8 Å². The third-order valence-corrected chi connectivity index (χ3v) is 2.53. The lowest BCUT2D eigenvalue weighted by Crippen LogP contribution is -2.45. The van der Waals surface area contributed by atoms with Crippen molar-refractivity contribution in [2.75, 3.05) is 0 Å². The van der Waals surface area contributed by atoms with Crippen molar-refractivity contribution >= 4 is 17.7 Å². The largest absolute Gasteiger partial charge is 0.370 e. The van der Waals surface area contributed by atoms with Crippen LogP contribution in [-0.2, 0) is 20.8 Å². The lowest BCUT2D eigenvalue weighted by atomic mass is 10.1. The van der Waals surface area contributed by atoms with E-state index < -0.39 is 17.9 Å². The number of rotatable bonds is 8. The molecule has 0 saturated heterocycles. The second-order valence-corrected chi connectivity index (χ2v) is 4.10. The van der Waals surface area contributed by atoms with Crippen molar-refractivity contribution in [2.45, 2.75) is 31.7 Å². The van der Waals surface area contributed by atoms with Gasteiger partial charge in [-0.25, -0.2) is 4.98 Å². The molecule has 1 heterocycles. The topological polar surface area (TPSA) is 144 Å². The lowest BCUT2D eigenvalue weighted by molar-refractivity contribution is -0.128. The van der Waals surface area contributed by atoms with Crippen molar-refractivity contribution in [3.63, 3.8) is 0 Å². The first-order valence-corrected chi connectivity index (χ1v) is 5.83. The van der Waals surface area contributed by atoms with Crippen LogP contribution >= 0.6 is 0 Å². The SMILES string of the molecule is NC(=O)CCC(NC(=O)CCc1cnc[nH]1)C(N)=O. The number of H-pyrrole nitrogens is 1. The quantitative estimate of drug-likeness (QED) is 0.458. The summed E-state index contributed by atoms with van der Waals surface area (Å²) in [7, 11) is 0. The number of carbonyl (C=O) groups is 3. The number of aryl methyl sites for hydroxylation is 1. The molecule has 3 amide bonds. The van der Waals surface area contributed by atoms with E-state index in [1.165, 1.54) is 6.33 Å². The van der Waals surface area contributed by atoms with Gasteiger partial charge in [-0.2, -0.15) is 0 Å². The van der Waals surface area contributed by atoms with Gasteiger partial charge in [-0.05, 0) is 12.8 Å².